The molecule has 1 atom stereocenters. The number of nitrogens with one attached hydrogen (secondary N) is 1. The van der Waals surface area contributed by atoms with Crippen LogP contribution in [-0.4, -0.2) is 22.5 Å². The fourth-order valence-corrected chi connectivity index (χ4v) is 1.79. The van der Waals surface area contributed by atoms with Gasteiger partial charge in [0.2, 0.25) is 0 Å². The van der Waals surface area contributed by atoms with E-state index in [0.717, 1.165) is 6.07 Å². The summed E-state index contributed by atoms with van der Waals surface area (Å²) in [6, 6.07) is 2.15. The molecule has 0 aromatic heterocycles. The number of rotatable bonds is 6. The molecule has 0 radical (unpaired) electrons. The lowest BCUT2D eigenvalue weighted by Gasteiger charge is -2.17. The fraction of sp³-hybridized carbons (Fsp3) is 0.462. The number of hydrogen-bond acceptors (Lipinski definition) is 4. The average molecular weight is 284 g/mol. The lowest BCUT2D eigenvalue weighted by Crippen LogP contribution is -2.27. The number of carboxylic acids is 1. The number of aliphatic carboxylic acids is 1. The molecule has 110 valence electrons. The summed E-state index contributed by atoms with van der Waals surface area (Å²) >= 11 is 0. The van der Waals surface area contributed by atoms with Gasteiger partial charge in [-0.3, -0.25) is 14.9 Å². The Hall–Kier alpha value is -2.18. The molecule has 6 nitrogen and oxygen atoms in total. The number of nitro groups is 1. The van der Waals surface area contributed by atoms with Crippen molar-refractivity contribution in [3.63, 3.8) is 0 Å². The van der Waals surface area contributed by atoms with Gasteiger partial charge in [-0.05, 0) is 24.5 Å². The molecule has 0 aliphatic rings. The van der Waals surface area contributed by atoms with E-state index in [-0.39, 0.29) is 23.7 Å². The first-order valence-corrected chi connectivity index (χ1v) is 6.15. The molecule has 1 aromatic rings. The summed E-state index contributed by atoms with van der Waals surface area (Å²) in [6.07, 6.45) is 0. The molecule has 0 saturated heterocycles. The largest absolute Gasteiger partial charge is 0.481 e. The highest BCUT2D eigenvalue weighted by atomic mass is 19.1. The average Bonchev–Trinajstić information content (AvgIpc) is 2.32. The minimum absolute atomic E-state index is 0.0406. The number of nitrogens with zero attached hydrogens (tertiary/aromatic N) is 1. The molecule has 2 N–H and O–H groups in total. The zero-order chi connectivity index (χ0) is 15.4. The second-order valence-corrected chi connectivity index (χ2v) is 4.95. The van der Waals surface area contributed by atoms with E-state index in [1.165, 1.54) is 13.0 Å². The normalized spacial score (nSPS) is 12.2. The molecule has 1 rings (SSSR count). The van der Waals surface area contributed by atoms with Gasteiger partial charge in [0.1, 0.15) is 11.5 Å². The van der Waals surface area contributed by atoms with Crippen molar-refractivity contribution in [1.82, 2.24) is 0 Å². The van der Waals surface area contributed by atoms with Crippen LogP contribution < -0.4 is 5.32 Å². The lowest BCUT2D eigenvalue weighted by atomic mass is 9.96. The van der Waals surface area contributed by atoms with Crippen molar-refractivity contribution in [3.05, 3.63) is 33.6 Å². The SMILES string of the molecule is Cc1cc(NCC(C(=O)O)C(C)C)c([N+](=O)[O-])cc1F. The third kappa shape index (κ3) is 3.66. The van der Waals surface area contributed by atoms with Crippen molar-refractivity contribution in [2.24, 2.45) is 11.8 Å². The predicted molar refractivity (Wildman–Crippen MR) is 72.2 cm³/mol. The number of carboxylic acid groups (broad SMARTS) is 1. The quantitative estimate of drug-likeness (QED) is 0.619. The van der Waals surface area contributed by atoms with Crippen molar-refractivity contribution in [3.8, 4) is 0 Å². The van der Waals surface area contributed by atoms with Crippen molar-refractivity contribution in [1.29, 1.82) is 0 Å². The van der Waals surface area contributed by atoms with E-state index in [2.05, 4.69) is 5.32 Å². The molecule has 0 aliphatic carbocycles. The van der Waals surface area contributed by atoms with E-state index in [9.17, 15) is 19.3 Å². The number of halogens is 1. The van der Waals surface area contributed by atoms with E-state index < -0.39 is 28.3 Å². The first kappa shape index (κ1) is 15.9. The Kier molecular flexibility index (Phi) is 5.01. The van der Waals surface area contributed by atoms with Crippen LogP contribution in [0.4, 0.5) is 15.8 Å². The third-order valence-corrected chi connectivity index (χ3v) is 3.11. The van der Waals surface area contributed by atoms with Crippen LogP contribution in [0.2, 0.25) is 0 Å². The van der Waals surface area contributed by atoms with Crippen LogP contribution in [0.5, 0.6) is 0 Å². The maximum absolute atomic E-state index is 13.3. The van der Waals surface area contributed by atoms with Crippen molar-refractivity contribution >= 4 is 17.3 Å². The maximum atomic E-state index is 13.3. The summed E-state index contributed by atoms with van der Waals surface area (Å²) in [7, 11) is 0. The monoisotopic (exact) mass is 284 g/mol. The van der Waals surface area contributed by atoms with Crippen molar-refractivity contribution in [2.75, 3.05) is 11.9 Å². The van der Waals surface area contributed by atoms with E-state index >= 15 is 0 Å². The zero-order valence-electron chi connectivity index (χ0n) is 11.5. The number of hydrogen-bond donors (Lipinski definition) is 2. The van der Waals surface area contributed by atoms with Gasteiger partial charge in [-0.2, -0.15) is 0 Å². The molecule has 0 aliphatic heterocycles. The number of nitro benzene ring substituents is 1. The molecule has 0 heterocycles. The van der Waals surface area contributed by atoms with Crippen LogP contribution in [0, 0.1) is 34.7 Å². The highest BCUT2D eigenvalue weighted by Crippen LogP contribution is 2.28. The minimum atomic E-state index is -0.978. The van der Waals surface area contributed by atoms with E-state index in [1.54, 1.807) is 13.8 Å². The minimum Gasteiger partial charge on any atom is -0.481 e. The first-order chi connectivity index (χ1) is 9.23. The highest BCUT2D eigenvalue weighted by molar-refractivity contribution is 5.72. The zero-order valence-corrected chi connectivity index (χ0v) is 11.5. The predicted octanol–water partition coefficient (Wildman–Crippen LogP) is 2.81. The standard InChI is InChI=1S/C13H17FN2O4/c1-7(2)9(13(17)18)6-15-11-4-8(3)10(14)5-12(11)16(19)20/h4-5,7,9,15H,6H2,1-3H3,(H,17,18). The van der Waals surface area contributed by atoms with Crippen LogP contribution >= 0.6 is 0 Å². The van der Waals surface area contributed by atoms with Crippen LogP contribution in [-0.2, 0) is 4.79 Å². The Balaban J connectivity index is 3.00. The summed E-state index contributed by atoms with van der Waals surface area (Å²) < 4.78 is 13.3. The van der Waals surface area contributed by atoms with E-state index in [0.29, 0.717) is 0 Å². The Bertz CT molecular complexity index is 531. The van der Waals surface area contributed by atoms with Gasteiger partial charge in [-0.1, -0.05) is 13.8 Å². The van der Waals surface area contributed by atoms with Gasteiger partial charge in [0.15, 0.2) is 0 Å². The van der Waals surface area contributed by atoms with E-state index in [1.807, 2.05) is 0 Å². The second-order valence-electron chi connectivity index (χ2n) is 4.95. The van der Waals surface area contributed by atoms with Crippen molar-refractivity contribution < 1.29 is 19.2 Å². The van der Waals surface area contributed by atoms with Gasteiger partial charge in [0.05, 0.1) is 16.9 Å². The topological polar surface area (TPSA) is 92.5 Å². The van der Waals surface area contributed by atoms with Crippen molar-refractivity contribution in [2.45, 2.75) is 20.8 Å². The number of benzene rings is 1. The smallest absolute Gasteiger partial charge is 0.308 e. The van der Waals surface area contributed by atoms with Gasteiger partial charge in [0.25, 0.3) is 5.69 Å². The molecular formula is C13H17FN2O4. The molecule has 0 saturated carbocycles. The molecule has 1 aromatic carbocycles. The molecule has 7 heteroatoms. The van der Waals surface area contributed by atoms with Gasteiger partial charge in [-0.25, -0.2) is 4.39 Å². The van der Waals surface area contributed by atoms with Gasteiger partial charge >= 0.3 is 5.97 Å². The number of aryl methyl sites for hydroxylation is 1. The first-order valence-electron chi connectivity index (χ1n) is 6.15. The maximum Gasteiger partial charge on any atom is 0.308 e. The van der Waals surface area contributed by atoms with Crippen LogP contribution in [0.3, 0.4) is 0 Å². The number of carbonyl (C=O) groups is 1. The number of anilines is 1. The Labute approximate surface area is 115 Å². The summed E-state index contributed by atoms with van der Waals surface area (Å²) in [6.45, 7) is 5.04. The molecule has 0 spiro atoms. The lowest BCUT2D eigenvalue weighted by molar-refractivity contribution is -0.384. The third-order valence-electron chi connectivity index (χ3n) is 3.11. The molecule has 20 heavy (non-hydrogen) atoms. The van der Waals surface area contributed by atoms with Crippen LogP contribution in [0.15, 0.2) is 12.1 Å². The summed E-state index contributed by atoms with van der Waals surface area (Å²) in [5.74, 6) is -2.45. The highest BCUT2D eigenvalue weighted by Gasteiger charge is 2.23. The van der Waals surface area contributed by atoms with Crippen LogP contribution in [0.1, 0.15) is 19.4 Å². The molecular weight excluding hydrogens is 267 g/mol. The van der Waals surface area contributed by atoms with Gasteiger partial charge in [0, 0.05) is 6.54 Å². The van der Waals surface area contributed by atoms with E-state index in [4.69, 9.17) is 5.11 Å². The Morgan fingerprint density at radius 3 is 2.55 bits per heavy atom. The Morgan fingerprint density at radius 1 is 1.50 bits per heavy atom. The van der Waals surface area contributed by atoms with Gasteiger partial charge < -0.3 is 10.4 Å². The summed E-state index contributed by atoms with van der Waals surface area (Å²) in [4.78, 5) is 21.3. The molecule has 0 bridgehead atoms. The van der Waals surface area contributed by atoms with Crippen LogP contribution in [0.25, 0.3) is 0 Å². The second kappa shape index (κ2) is 6.31. The Morgan fingerprint density at radius 2 is 2.10 bits per heavy atom. The molecule has 0 amide bonds. The molecule has 1 unspecified atom stereocenters. The summed E-state index contributed by atoms with van der Waals surface area (Å²) in [5, 5.41) is 22.7. The fourth-order valence-electron chi connectivity index (χ4n) is 1.79. The summed E-state index contributed by atoms with van der Waals surface area (Å²) in [5.41, 5.74) is -0.0173. The van der Waals surface area contributed by atoms with Gasteiger partial charge in [-0.15, -0.1) is 0 Å². The molecule has 0 fully saturated rings.